The predicted octanol–water partition coefficient (Wildman–Crippen LogP) is 3.89. The van der Waals surface area contributed by atoms with Gasteiger partial charge in [-0.05, 0) is 36.0 Å². The Bertz CT molecular complexity index is 570. The molecule has 0 fully saturated rings. The van der Waals surface area contributed by atoms with Crippen molar-refractivity contribution in [3.63, 3.8) is 0 Å². The van der Waals surface area contributed by atoms with Gasteiger partial charge in [0.05, 0.1) is 4.90 Å². The van der Waals surface area contributed by atoms with Crippen molar-refractivity contribution in [3.8, 4) is 0 Å². The minimum absolute atomic E-state index is 0.127. The number of hydrogen-bond acceptors (Lipinski definition) is 2. The molecule has 0 atom stereocenters. The van der Waals surface area contributed by atoms with Crippen LogP contribution in [0.1, 0.15) is 37.5 Å². The fourth-order valence-electron chi connectivity index (χ4n) is 1.92. The molecule has 0 radical (unpaired) electrons. The summed E-state index contributed by atoms with van der Waals surface area (Å²) >= 11 is 0. The van der Waals surface area contributed by atoms with Crippen molar-refractivity contribution in [2.24, 2.45) is 0 Å². The van der Waals surface area contributed by atoms with Crippen LogP contribution in [0.15, 0.2) is 17.0 Å². The molecule has 1 aromatic rings. The first-order chi connectivity index (χ1) is 8.28. The summed E-state index contributed by atoms with van der Waals surface area (Å²) in [6.07, 6.45) is 0. The third kappa shape index (κ3) is 2.94. The van der Waals surface area contributed by atoms with E-state index in [0.29, 0.717) is 0 Å². The zero-order chi connectivity index (χ0) is 15.2. The topological polar surface area (TPSA) is 34.1 Å². The van der Waals surface area contributed by atoms with E-state index in [-0.39, 0.29) is 16.5 Å². The average molecular weight is 294 g/mol. The molecule has 0 aliphatic heterocycles. The predicted molar refractivity (Wildman–Crippen MR) is 67.9 cm³/mol. The van der Waals surface area contributed by atoms with Crippen LogP contribution in [-0.2, 0) is 15.3 Å². The highest BCUT2D eigenvalue weighted by atomic mass is 32.2. The summed E-state index contributed by atoms with van der Waals surface area (Å²) in [6.45, 7) is 8.53. The molecule has 0 amide bonds. The molecule has 0 bridgehead atoms. The molecule has 0 aliphatic carbocycles. The first kappa shape index (κ1) is 16.0. The van der Waals surface area contributed by atoms with E-state index >= 15 is 0 Å². The number of alkyl halides is 3. The Balaban J connectivity index is 3.60. The van der Waals surface area contributed by atoms with Gasteiger partial charge in [0.15, 0.2) is 0 Å². The Hall–Kier alpha value is -1.04. The molecule has 0 saturated carbocycles. The normalized spacial score (nSPS) is 13.7. The molecule has 1 aromatic carbocycles. The molecule has 19 heavy (non-hydrogen) atoms. The van der Waals surface area contributed by atoms with Gasteiger partial charge in [0.1, 0.15) is 0 Å². The van der Waals surface area contributed by atoms with Gasteiger partial charge < -0.3 is 0 Å². The second-order valence-corrected chi connectivity index (χ2v) is 7.52. The molecule has 0 aliphatic rings. The maximum atomic E-state index is 12.6. The maximum Gasteiger partial charge on any atom is 0.501 e. The van der Waals surface area contributed by atoms with Crippen LogP contribution in [0.2, 0.25) is 0 Å². The number of aryl methyl sites for hydroxylation is 2. The first-order valence-electron chi connectivity index (χ1n) is 5.71. The van der Waals surface area contributed by atoms with E-state index in [0.717, 1.165) is 5.56 Å². The molecule has 2 nitrogen and oxygen atoms in total. The monoisotopic (exact) mass is 294 g/mol. The molecule has 0 aromatic heterocycles. The van der Waals surface area contributed by atoms with Crippen LogP contribution >= 0.6 is 0 Å². The lowest BCUT2D eigenvalue weighted by Crippen LogP contribution is -2.25. The van der Waals surface area contributed by atoms with Crippen molar-refractivity contribution >= 4 is 9.84 Å². The summed E-state index contributed by atoms with van der Waals surface area (Å²) in [4.78, 5) is -0.631. The van der Waals surface area contributed by atoms with Crippen LogP contribution in [-0.4, -0.2) is 13.9 Å². The number of halogens is 3. The van der Waals surface area contributed by atoms with Crippen LogP contribution in [0.3, 0.4) is 0 Å². The summed E-state index contributed by atoms with van der Waals surface area (Å²) in [5, 5.41) is 0. The van der Waals surface area contributed by atoms with Gasteiger partial charge in [-0.25, -0.2) is 8.42 Å². The van der Waals surface area contributed by atoms with Gasteiger partial charge in [-0.2, -0.15) is 13.2 Å². The highest BCUT2D eigenvalue weighted by molar-refractivity contribution is 7.92. The number of rotatable bonds is 1. The Morgan fingerprint density at radius 1 is 0.947 bits per heavy atom. The van der Waals surface area contributed by atoms with Crippen LogP contribution in [0.4, 0.5) is 13.2 Å². The standard InChI is InChI=1S/C13H17F3O2S/c1-8-6-10(12(3,4)5)7-9(2)11(8)19(17,18)13(14,15)16/h6-7H,1-5H3. The molecule has 0 spiro atoms. The van der Waals surface area contributed by atoms with Crippen LogP contribution in [0.25, 0.3) is 0 Å². The zero-order valence-electron chi connectivity index (χ0n) is 11.5. The van der Waals surface area contributed by atoms with E-state index in [4.69, 9.17) is 0 Å². The summed E-state index contributed by atoms with van der Waals surface area (Å²) in [6, 6.07) is 3.01. The Kier molecular flexibility index (Phi) is 3.80. The minimum atomic E-state index is -5.30. The lowest BCUT2D eigenvalue weighted by Gasteiger charge is -2.22. The molecule has 0 saturated heterocycles. The third-order valence-electron chi connectivity index (χ3n) is 2.90. The van der Waals surface area contributed by atoms with Crippen molar-refractivity contribution in [1.82, 2.24) is 0 Å². The van der Waals surface area contributed by atoms with Gasteiger partial charge in [-0.3, -0.25) is 0 Å². The van der Waals surface area contributed by atoms with Gasteiger partial charge in [-0.15, -0.1) is 0 Å². The first-order valence-corrected chi connectivity index (χ1v) is 7.20. The molecule has 0 heterocycles. The number of hydrogen-bond donors (Lipinski definition) is 0. The number of benzene rings is 1. The fourth-order valence-corrected chi connectivity index (χ4v) is 3.12. The molecule has 0 N–H and O–H groups in total. The van der Waals surface area contributed by atoms with E-state index in [9.17, 15) is 21.6 Å². The SMILES string of the molecule is Cc1cc(C(C)(C)C)cc(C)c1S(=O)(=O)C(F)(F)F. The van der Waals surface area contributed by atoms with Gasteiger partial charge in [0, 0.05) is 0 Å². The largest absolute Gasteiger partial charge is 0.501 e. The van der Waals surface area contributed by atoms with E-state index in [1.807, 2.05) is 20.8 Å². The molecule has 108 valence electrons. The molecule has 6 heteroatoms. The minimum Gasteiger partial charge on any atom is -0.214 e. The molecular formula is C13H17F3O2S. The van der Waals surface area contributed by atoms with Crippen molar-refractivity contribution in [2.45, 2.75) is 50.4 Å². The summed E-state index contributed by atoms with van der Waals surface area (Å²) in [7, 11) is -5.30. The number of sulfone groups is 1. The maximum absolute atomic E-state index is 12.6. The Morgan fingerprint density at radius 2 is 1.32 bits per heavy atom. The Morgan fingerprint density at radius 3 is 1.58 bits per heavy atom. The van der Waals surface area contributed by atoms with E-state index in [2.05, 4.69) is 0 Å². The van der Waals surface area contributed by atoms with Crippen molar-refractivity contribution in [1.29, 1.82) is 0 Å². The Labute approximate surface area is 111 Å². The van der Waals surface area contributed by atoms with E-state index in [1.165, 1.54) is 26.0 Å². The van der Waals surface area contributed by atoms with Gasteiger partial charge in [0.2, 0.25) is 0 Å². The summed E-state index contributed by atoms with van der Waals surface area (Å²) < 4.78 is 60.9. The molecular weight excluding hydrogens is 277 g/mol. The summed E-state index contributed by atoms with van der Waals surface area (Å²) in [5.74, 6) is 0. The quantitative estimate of drug-likeness (QED) is 0.787. The van der Waals surface area contributed by atoms with E-state index in [1.54, 1.807) is 0 Å². The molecule has 1 rings (SSSR count). The second-order valence-electron chi connectivity index (χ2n) is 5.64. The van der Waals surface area contributed by atoms with Gasteiger partial charge >= 0.3 is 5.51 Å². The second kappa shape index (κ2) is 4.51. The van der Waals surface area contributed by atoms with Crippen molar-refractivity contribution < 1.29 is 21.6 Å². The average Bonchev–Trinajstić information content (AvgIpc) is 2.12. The van der Waals surface area contributed by atoms with Gasteiger partial charge in [0.25, 0.3) is 9.84 Å². The fraction of sp³-hybridized carbons (Fsp3) is 0.538. The lowest BCUT2D eigenvalue weighted by atomic mass is 9.85. The van der Waals surface area contributed by atoms with Gasteiger partial charge in [-0.1, -0.05) is 32.9 Å². The lowest BCUT2D eigenvalue weighted by molar-refractivity contribution is -0.0436. The van der Waals surface area contributed by atoms with Crippen LogP contribution in [0, 0.1) is 13.8 Å². The molecule has 0 unspecified atom stereocenters. The van der Waals surface area contributed by atoms with Crippen molar-refractivity contribution in [3.05, 3.63) is 28.8 Å². The zero-order valence-corrected chi connectivity index (χ0v) is 12.3. The van der Waals surface area contributed by atoms with Crippen molar-refractivity contribution in [2.75, 3.05) is 0 Å². The van der Waals surface area contributed by atoms with Crippen LogP contribution in [0.5, 0.6) is 0 Å². The van der Waals surface area contributed by atoms with Crippen LogP contribution < -0.4 is 0 Å². The highest BCUT2D eigenvalue weighted by Gasteiger charge is 2.48. The smallest absolute Gasteiger partial charge is 0.214 e. The highest BCUT2D eigenvalue weighted by Crippen LogP contribution is 2.36. The third-order valence-corrected chi connectivity index (χ3v) is 4.69. The van der Waals surface area contributed by atoms with E-state index < -0.39 is 20.2 Å². The summed E-state index contributed by atoms with van der Waals surface area (Å²) in [5.41, 5.74) is -4.46.